The minimum Gasteiger partial charge on any atom is -0.393 e. The number of alkyl halides is 3. The van der Waals surface area contributed by atoms with Crippen molar-refractivity contribution in [3.05, 3.63) is 81.1 Å². The highest BCUT2D eigenvalue weighted by molar-refractivity contribution is 6.35. The lowest BCUT2D eigenvalue weighted by molar-refractivity contribution is -0.275. The number of hydrogen-bond acceptors (Lipinski definition) is 5. The summed E-state index contributed by atoms with van der Waals surface area (Å²) in [6.07, 6.45) is -4.37. The average molecular weight is 570 g/mol. The van der Waals surface area contributed by atoms with E-state index in [2.05, 4.69) is 15.6 Å². The third-order valence-electron chi connectivity index (χ3n) is 5.82. The summed E-state index contributed by atoms with van der Waals surface area (Å²) in [4.78, 5) is 22.9. The van der Waals surface area contributed by atoms with E-state index in [1.807, 2.05) is 13.8 Å². The van der Waals surface area contributed by atoms with E-state index >= 15 is 0 Å². The SMILES string of the molecule is CC(C)O/N=C/CNC(=O)c1ccc(C2=NOC(c3cc(Cl)c(F)c(Cl)c3)(C(F)(F)F)C2)c2ccccc12. The Bertz CT molecular complexity index is 1420. The molecular formula is C26H21Cl2F4N3O3. The molecule has 200 valence electrons. The molecule has 38 heavy (non-hydrogen) atoms. The van der Waals surface area contributed by atoms with Gasteiger partial charge >= 0.3 is 6.18 Å². The van der Waals surface area contributed by atoms with Crippen LogP contribution in [0.2, 0.25) is 10.0 Å². The van der Waals surface area contributed by atoms with Gasteiger partial charge in [0.25, 0.3) is 11.5 Å². The van der Waals surface area contributed by atoms with Crippen LogP contribution in [0.5, 0.6) is 0 Å². The van der Waals surface area contributed by atoms with E-state index in [4.69, 9.17) is 32.9 Å². The molecule has 1 N–H and O–H groups in total. The molecule has 0 saturated carbocycles. The lowest BCUT2D eigenvalue weighted by Crippen LogP contribution is -2.42. The number of carbonyl (C=O) groups excluding carboxylic acids is 1. The molecule has 0 aromatic heterocycles. The Morgan fingerprint density at radius 2 is 1.84 bits per heavy atom. The van der Waals surface area contributed by atoms with Crippen LogP contribution in [0.1, 0.15) is 41.8 Å². The van der Waals surface area contributed by atoms with Crippen LogP contribution in [0.15, 0.2) is 58.8 Å². The zero-order chi connectivity index (χ0) is 27.7. The van der Waals surface area contributed by atoms with E-state index in [0.29, 0.717) is 21.9 Å². The van der Waals surface area contributed by atoms with Crippen LogP contribution in [0.3, 0.4) is 0 Å². The van der Waals surface area contributed by atoms with Crippen LogP contribution in [0.25, 0.3) is 10.8 Å². The highest BCUT2D eigenvalue weighted by atomic mass is 35.5. The van der Waals surface area contributed by atoms with Gasteiger partial charge in [-0.1, -0.05) is 63.8 Å². The average Bonchev–Trinajstić information content (AvgIpc) is 3.32. The van der Waals surface area contributed by atoms with Gasteiger partial charge in [0.2, 0.25) is 0 Å². The largest absolute Gasteiger partial charge is 0.435 e. The number of oxime groups is 2. The van der Waals surface area contributed by atoms with Crippen LogP contribution in [0.4, 0.5) is 17.6 Å². The summed E-state index contributed by atoms with van der Waals surface area (Å²) < 4.78 is 57.1. The predicted octanol–water partition coefficient (Wildman–Crippen LogP) is 7.01. The first kappa shape index (κ1) is 27.7. The third kappa shape index (κ3) is 5.28. The maximum Gasteiger partial charge on any atom is 0.435 e. The minimum absolute atomic E-state index is 0.0139. The molecule has 4 rings (SSSR count). The van der Waals surface area contributed by atoms with Gasteiger partial charge in [0, 0.05) is 23.1 Å². The van der Waals surface area contributed by atoms with Crippen LogP contribution in [-0.4, -0.2) is 36.7 Å². The summed E-state index contributed by atoms with van der Waals surface area (Å²) in [7, 11) is 0. The molecular weight excluding hydrogens is 549 g/mol. The molecule has 1 heterocycles. The Morgan fingerprint density at radius 1 is 1.18 bits per heavy atom. The number of benzene rings is 3. The number of halogens is 6. The maximum atomic E-state index is 14.4. The zero-order valence-electron chi connectivity index (χ0n) is 20.1. The number of amides is 1. The molecule has 1 aliphatic heterocycles. The van der Waals surface area contributed by atoms with Crippen LogP contribution in [-0.2, 0) is 15.3 Å². The van der Waals surface area contributed by atoms with E-state index in [0.717, 1.165) is 12.1 Å². The molecule has 3 aromatic carbocycles. The summed E-state index contributed by atoms with van der Waals surface area (Å²) in [6.45, 7) is 3.73. The molecule has 1 aliphatic rings. The molecule has 0 radical (unpaired) electrons. The van der Waals surface area contributed by atoms with E-state index in [-0.39, 0.29) is 18.4 Å². The highest BCUT2D eigenvalue weighted by Gasteiger charge is 2.62. The monoisotopic (exact) mass is 569 g/mol. The van der Waals surface area contributed by atoms with Gasteiger partial charge in [0.1, 0.15) is 6.10 Å². The van der Waals surface area contributed by atoms with Gasteiger partial charge in [-0.25, -0.2) is 4.39 Å². The van der Waals surface area contributed by atoms with Crippen molar-refractivity contribution in [3.8, 4) is 0 Å². The van der Waals surface area contributed by atoms with E-state index in [9.17, 15) is 22.4 Å². The lowest BCUT2D eigenvalue weighted by Gasteiger charge is -2.29. The minimum atomic E-state index is -4.95. The summed E-state index contributed by atoms with van der Waals surface area (Å²) in [5, 5.41) is 10.1. The van der Waals surface area contributed by atoms with E-state index in [1.165, 1.54) is 18.3 Å². The molecule has 3 aromatic rings. The van der Waals surface area contributed by atoms with Crippen molar-refractivity contribution in [2.45, 2.75) is 38.1 Å². The Morgan fingerprint density at radius 3 is 2.47 bits per heavy atom. The van der Waals surface area contributed by atoms with Crippen molar-refractivity contribution in [1.82, 2.24) is 5.32 Å². The van der Waals surface area contributed by atoms with Gasteiger partial charge in [0.15, 0.2) is 5.82 Å². The van der Waals surface area contributed by atoms with Crippen molar-refractivity contribution in [2.75, 3.05) is 6.54 Å². The van der Waals surface area contributed by atoms with Crippen molar-refractivity contribution in [3.63, 3.8) is 0 Å². The first-order valence-corrected chi connectivity index (χ1v) is 12.1. The Hall–Kier alpha value is -3.37. The second kappa shape index (κ2) is 10.8. The van der Waals surface area contributed by atoms with Crippen LogP contribution < -0.4 is 5.32 Å². The second-order valence-electron chi connectivity index (χ2n) is 8.74. The van der Waals surface area contributed by atoms with Crippen molar-refractivity contribution < 1.29 is 32.0 Å². The predicted molar refractivity (Wildman–Crippen MR) is 137 cm³/mol. The number of fused-ring (bicyclic) bond motifs is 1. The van der Waals surface area contributed by atoms with Crippen LogP contribution in [0, 0.1) is 5.82 Å². The highest BCUT2D eigenvalue weighted by Crippen LogP contribution is 2.50. The number of hydrogen-bond donors (Lipinski definition) is 1. The van der Waals surface area contributed by atoms with Gasteiger partial charge in [-0.3, -0.25) is 4.79 Å². The fourth-order valence-electron chi connectivity index (χ4n) is 4.02. The first-order valence-electron chi connectivity index (χ1n) is 11.4. The summed E-state index contributed by atoms with van der Waals surface area (Å²) in [6, 6.07) is 11.4. The standard InChI is InChI=1S/C26H21Cl2F4N3O3/c1-14(2)37-34-10-9-33-24(36)19-8-7-18(16-5-3-4-6-17(16)19)22-13-25(38-35-22,26(30,31)32)15-11-20(27)23(29)21(28)12-15/h3-8,10-12,14H,9,13H2,1-2H3,(H,33,36)/b34-10+. The van der Waals surface area contributed by atoms with Crippen LogP contribution >= 0.6 is 23.2 Å². The molecule has 0 saturated heterocycles. The molecule has 0 fully saturated rings. The number of carbonyl (C=O) groups is 1. The van der Waals surface area contributed by atoms with Crippen molar-refractivity contribution >= 4 is 51.8 Å². The van der Waals surface area contributed by atoms with E-state index < -0.39 is 45.5 Å². The number of nitrogens with zero attached hydrogens (tertiary/aromatic N) is 2. The molecule has 0 bridgehead atoms. The molecule has 0 spiro atoms. The quantitative estimate of drug-likeness (QED) is 0.144. The Labute approximate surface area is 225 Å². The fourth-order valence-corrected chi connectivity index (χ4v) is 4.51. The fraction of sp³-hybridized carbons (Fsp3) is 0.269. The molecule has 6 nitrogen and oxygen atoms in total. The molecule has 12 heteroatoms. The summed E-state index contributed by atoms with van der Waals surface area (Å²) >= 11 is 11.6. The van der Waals surface area contributed by atoms with Gasteiger partial charge < -0.3 is 15.0 Å². The Balaban J connectivity index is 1.67. The van der Waals surface area contributed by atoms with E-state index in [1.54, 1.807) is 24.3 Å². The summed E-state index contributed by atoms with van der Waals surface area (Å²) in [5.74, 6) is -1.44. The van der Waals surface area contributed by atoms with Gasteiger partial charge in [0.05, 0.1) is 28.5 Å². The first-order chi connectivity index (χ1) is 17.9. The molecule has 0 aliphatic carbocycles. The van der Waals surface area contributed by atoms with Crippen molar-refractivity contribution in [1.29, 1.82) is 0 Å². The normalized spacial score (nSPS) is 17.7. The molecule has 1 unspecified atom stereocenters. The number of nitrogens with one attached hydrogen (secondary N) is 1. The summed E-state index contributed by atoms with van der Waals surface area (Å²) in [5.41, 5.74) is -2.78. The number of rotatable bonds is 7. The molecule has 1 atom stereocenters. The zero-order valence-corrected chi connectivity index (χ0v) is 21.6. The van der Waals surface area contributed by atoms with Gasteiger partial charge in [-0.15, -0.1) is 0 Å². The lowest BCUT2D eigenvalue weighted by atomic mass is 9.85. The molecule has 1 amide bonds. The third-order valence-corrected chi connectivity index (χ3v) is 6.37. The smallest absolute Gasteiger partial charge is 0.393 e. The van der Waals surface area contributed by atoms with Crippen molar-refractivity contribution in [2.24, 2.45) is 10.3 Å². The maximum absolute atomic E-state index is 14.4. The van der Waals surface area contributed by atoms with Gasteiger partial charge in [-0.05, 0) is 42.8 Å². The van der Waals surface area contributed by atoms with Gasteiger partial charge in [-0.2, -0.15) is 13.2 Å². The topological polar surface area (TPSA) is 72.3 Å². The second-order valence-corrected chi connectivity index (χ2v) is 9.56. The Kier molecular flexibility index (Phi) is 7.85.